The minimum Gasteiger partial charge on any atom is -0.479 e. The normalized spacial score (nSPS) is 14.0. The maximum atomic E-state index is 14.1. The molecule has 0 bridgehead atoms. The molecule has 0 aliphatic carbocycles. The van der Waals surface area contributed by atoms with Crippen molar-refractivity contribution in [1.82, 2.24) is 4.90 Å². The number of fused-ring (bicyclic) bond motifs is 1. The molecule has 0 fully saturated rings. The van der Waals surface area contributed by atoms with Gasteiger partial charge in [0.25, 0.3) is 5.91 Å². The Morgan fingerprint density at radius 3 is 2.00 bits per heavy atom. The van der Waals surface area contributed by atoms with Gasteiger partial charge >= 0.3 is 5.97 Å². The molecule has 0 saturated heterocycles. The lowest BCUT2D eigenvalue weighted by atomic mass is 9.83. The molecular weight excluding hydrogens is 512 g/mol. The van der Waals surface area contributed by atoms with E-state index in [1.165, 1.54) is 4.90 Å². The first kappa shape index (κ1) is 27.7. The van der Waals surface area contributed by atoms with Crippen LogP contribution in [-0.4, -0.2) is 27.5 Å². The van der Waals surface area contributed by atoms with Crippen molar-refractivity contribution in [3.63, 3.8) is 0 Å². The van der Waals surface area contributed by atoms with Crippen molar-refractivity contribution in [2.75, 3.05) is 0 Å². The quantitative estimate of drug-likeness (QED) is 0.344. The van der Waals surface area contributed by atoms with E-state index >= 15 is 0 Å². The number of hydrogen-bond acceptors (Lipinski definition) is 3. The Bertz CT molecular complexity index is 1420. The second-order valence-electron chi connectivity index (χ2n) is 10.7. The maximum Gasteiger partial charge on any atom is 0.337 e. The van der Waals surface area contributed by atoms with Gasteiger partial charge in [-0.05, 0) is 87.1 Å². The molecule has 1 heterocycles. The summed E-state index contributed by atoms with van der Waals surface area (Å²) >= 11 is 5.60. The molecular formula is C30H30ClF2NO4. The summed E-state index contributed by atoms with van der Waals surface area (Å²) in [7, 11) is 0. The summed E-state index contributed by atoms with van der Waals surface area (Å²) in [4.78, 5) is 27.3. The predicted octanol–water partition coefficient (Wildman–Crippen LogP) is 7.31. The molecule has 0 aromatic heterocycles. The van der Waals surface area contributed by atoms with Crippen LogP contribution < -0.4 is 0 Å². The van der Waals surface area contributed by atoms with E-state index in [4.69, 9.17) is 16.3 Å². The number of carboxylic acid groups (broad SMARTS) is 1. The van der Waals surface area contributed by atoms with Crippen LogP contribution in [0, 0.1) is 32.4 Å². The van der Waals surface area contributed by atoms with Crippen LogP contribution in [0.5, 0.6) is 0 Å². The summed E-state index contributed by atoms with van der Waals surface area (Å²) in [5.41, 5.74) is 5.52. The molecule has 0 spiro atoms. The van der Waals surface area contributed by atoms with Crippen LogP contribution in [0.1, 0.15) is 70.6 Å². The van der Waals surface area contributed by atoms with E-state index < -0.39 is 40.2 Å². The van der Waals surface area contributed by atoms with Crippen LogP contribution in [0.2, 0.25) is 5.02 Å². The Kier molecular flexibility index (Phi) is 7.38. The largest absolute Gasteiger partial charge is 0.479 e. The average Bonchev–Trinajstić information content (AvgIpc) is 3.29. The molecule has 3 aromatic carbocycles. The number of nitrogens with zero attached hydrogens (tertiary/aromatic N) is 1. The van der Waals surface area contributed by atoms with E-state index in [9.17, 15) is 23.5 Å². The van der Waals surface area contributed by atoms with E-state index in [1.54, 1.807) is 20.8 Å². The monoisotopic (exact) mass is 541 g/mol. The lowest BCUT2D eigenvalue weighted by Crippen LogP contribution is -2.28. The second kappa shape index (κ2) is 10.1. The van der Waals surface area contributed by atoms with Crippen molar-refractivity contribution in [2.45, 2.75) is 66.3 Å². The topological polar surface area (TPSA) is 66.8 Å². The smallest absolute Gasteiger partial charge is 0.337 e. The number of aryl methyl sites for hydroxylation is 1. The highest BCUT2D eigenvalue weighted by Gasteiger charge is 2.36. The van der Waals surface area contributed by atoms with Gasteiger partial charge in [-0.25, -0.2) is 13.6 Å². The van der Waals surface area contributed by atoms with Gasteiger partial charge in [0.1, 0.15) is 16.7 Å². The molecule has 4 rings (SSSR count). The van der Waals surface area contributed by atoms with E-state index in [1.807, 2.05) is 45.0 Å². The fourth-order valence-corrected chi connectivity index (χ4v) is 5.14. The molecule has 1 atom stereocenters. The Balaban J connectivity index is 1.88. The van der Waals surface area contributed by atoms with Crippen LogP contribution in [0.4, 0.5) is 8.78 Å². The molecule has 1 amide bonds. The van der Waals surface area contributed by atoms with Crippen molar-refractivity contribution in [3.8, 4) is 11.1 Å². The number of carbonyl (C=O) groups excluding carboxylic acids is 1. The van der Waals surface area contributed by atoms with Gasteiger partial charge < -0.3 is 14.7 Å². The van der Waals surface area contributed by atoms with E-state index in [0.717, 1.165) is 45.5 Å². The van der Waals surface area contributed by atoms with Crippen molar-refractivity contribution < 1.29 is 28.2 Å². The number of hydrogen-bond donors (Lipinski definition) is 1. The van der Waals surface area contributed by atoms with Gasteiger partial charge in [0, 0.05) is 24.2 Å². The molecule has 0 saturated carbocycles. The first-order chi connectivity index (χ1) is 17.7. The SMILES string of the molecule is Cc1ccc(-c2c(C)c3c(c(C)c2C(OC(C)(C)C)C(=O)O)CN(C(=O)c2cc(F)c(Cl)c(F)c2)C3)cc1. The minimum absolute atomic E-state index is 0.147. The van der Waals surface area contributed by atoms with Crippen LogP contribution in [0.15, 0.2) is 36.4 Å². The van der Waals surface area contributed by atoms with Crippen molar-refractivity contribution >= 4 is 23.5 Å². The highest BCUT2D eigenvalue weighted by Crippen LogP contribution is 2.44. The molecule has 1 aliphatic rings. The molecule has 3 aromatic rings. The van der Waals surface area contributed by atoms with Gasteiger partial charge in [-0.15, -0.1) is 0 Å². The third-order valence-corrected chi connectivity index (χ3v) is 7.19. The van der Waals surface area contributed by atoms with Crippen LogP contribution >= 0.6 is 11.6 Å². The Morgan fingerprint density at radius 2 is 1.50 bits per heavy atom. The first-order valence-electron chi connectivity index (χ1n) is 12.3. The van der Waals surface area contributed by atoms with Crippen LogP contribution in [0.3, 0.4) is 0 Å². The predicted molar refractivity (Wildman–Crippen MR) is 142 cm³/mol. The fourth-order valence-electron chi connectivity index (χ4n) is 5.03. The van der Waals surface area contributed by atoms with Gasteiger partial charge in [0.05, 0.1) is 5.60 Å². The van der Waals surface area contributed by atoms with E-state index in [-0.39, 0.29) is 18.7 Å². The zero-order valence-corrected chi connectivity index (χ0v) is 23.0. The minimum atomic E-state index is -1.25. The number of amides is 1. The summed E-state index contributed by atoms with van der Waals surface area (Å²) < 4.78 is 34.2. The number of ether oxygens (including phenoxy) is 1. The van der Waals surface area contributed by atoms with Crippen molar-refractivity contribution in [3.05, 3.63) is 92.0 Å². The standard InChI is InChI=1S/C30H30ClF2NO4/c1-15-7-9-18(10-8-15)24-16(2)20-13-34(28(35)19-11-22(32)26(31)23(33)12-19)14-21(20)17(3)25(24)27(29(36)37)38-30(4,5)6/h7-12,27H,13-14H2,1-6H3,(H,36,37). The number of carboxylic acids is 1. The second-order valence-corrected chi connectivity index (χ2v) is 11.1. The number of rotatable bonds is 5. The molecule has 200 valence electrons. The van der Waals surface area contributed by atoms with Gasteiger partial charge in [-0.3, -0.25) is 4.79 Å². The molecule has 1 aliphatic heterocycles. The van der Waals surface area contributed by atoms with Crippen LogP contribution in [-0.2, 0) is 22.6 Å². The highest BCUT2D eigenvalue weighted by atomic mass is 35.5. The lowest BCUT2D eigenvalue weighted by molar-refractivity contribution is -0.160. The number of halogens is 3. The van der Waals surface area contributed by atoms with E-state index in [0.29, 0.717) is 11.1 Å². The third kappa shape index (κ3) is 5.18. The zero-order chi connectivity index (χ0) is 28.1. The summed E-state index contributed by atoms with van der Waals surface area (Å²) in [6.07, 6.45) is -1.25. The molecule has 5 nitrogen and oxygen atoms in total. The van der Waals surface area contributed by atoms with Crippen molar-refractivity contribution in [2.24, 2.45) is 0 Å². The summed E-state index contributed by atoms with van der Waals surface area (Å²) in [6, 6.07) is 9.66. The van der Waals surface area contributed by atoms with Crippen molar-refractivity contribution in [1.29, 1.82) is 0 Å². The number of carbonyl (C=O) groups is 2. The Morgan fingerprint density at radius 1 is 0.974 bits per heavy atom. The maximum absolute atomic E-state index is 14.1. The Hall–Kier alpha value is -3.29. The number of aliphatic carboxylic acids is 1. The highest BCUT2D eigenvalue weighted by molar-refractivity contribution is 6.31. The van der Waals surface area contributed by atoms with Gasteiger partial charge in [0.15, 0.2) is 6.10 Å². The molecule has 1 N–H and O–H groups in total. The summed E-state index contributed by atoms with van der Waals surface area (Å²) in [5, 5.41) is 9.60. The van der Waals surface area contributed by atoms with Crippen LogP contribution in [0.25, 0.3) is 11.1 Å². The first-order valence-corrected chi connectivity index (χ1v) is 12.6. The van der Waals surface area contributed by atoms with Gasteiger partial charge in [-0.2, -0.15) is 0 Å². The average molecular weight is 542 g/mol. The summed E-state index contributed by atoms with van der Waals surface area (Å²) in [5.74, 6) is -3.68. The number of benzene rings is 3. The van der Waals surface area contributed by atoms with Gasteiger partial charge in [0.2, 0.25) is 0 Å². The molecule has 0 radical (unpaired) electrons. The zero-order valence-electron chi connectivity index (χ0n) is 22.2. The fraction of sp³-hybridized carbons (Fsp3) is 0.333. The third-order valence-electron chi connectivity index (χ3n) is 6.83. The Labute approximate surface area is 226 Å². The van der Waals surface area contributed by atoms with E-state index in [2.05, 4.69) is 0 Å². The lowest BCUT2D eigenvalue weighted by Gasteiger charge is -2.29. The molecule has 38 heavy (non-hydrogen) atoms. The van der Waals surface area contributed by atoms with Gasteiger partial charge in [-0.1, -0.05) is 41.4 Å². The molecule has 8 heteroatoms. The molecule has 1 unspecified atom stereocenters. The summed E-state index contributed by atoms with van der Waals surface area (Å²) in [6.45, 7) is 11.5.